The molecule has 6 heteroatoms. The van der Waals surface area contributed by atoms with Gasteiger partial charge in [-0.15, -0.1) is 0 Å². The Balaban J connectivity index is 1.64. The van der Waals surface area contributed by atoms with Crippen molar-refractivity contribution in [2.24, 2.45) is 0 Å². The molecule has 0 amide bonds. The Kier molecular flexibility index (Phi) is 5.11. The lowest BCUT2D eigenvalue weighted by atomic mass is 9.98. The zero-order chi connectivity index (χ0) is 20.5. The van der Waals surface area contributed by atoms with Gasteiger partial charge in [-0.05, 0) is 67.9 Å². The molecule has 2 aromatic heterocycles. The number of nitrogen functional groups attached to an aromatic ring is 1. The molecular weight excluding hydrogens is 362 g/mol. The first-order chi connectivity index (χ1) is 13.9. The van der Waals surface area contributed by atoms with E-state index in [0.717, 1.165) is 65.4 Å². The summed E-state index contributed by atoms with van der Waals surface area (Å²) < 4.78 is 0. The van der Waals surface area contributed by atoms with Gasteiger partial charge < -0.3 is 20.6 Å². The van der Waals surface area contributed by atoms with Crippen molar-refractivity contribution in [3.05, 3.63) is 53.9 Å². The van der Waals surface area contributed by atoms with Crippen LogP contribution < -0.4 is 10.6 Å². The number of pyridine rings is 2. The number of aromatic nitrogens is 2. The summed E-state index contributed by atoms with van der Waals surface area (Å²) in [6.07, 6.45) is 3.65. The monoisotopic (exact) mass is 389 g/mol. The molecule has 0 bridgehead atoms. The molecule has 4 rings (SSSR count). The van der Waals surface area contributed by atoms with E-state index in [1.165, 1.54) is 0 Å². The van der Waals surface area contributed by atoms with Gasteiger partial charge in [-0.25, -0.2) is 9.97 Å². The minimum absolute atomic E-state index is 0.334. The van der Waals surface area contributed by atoms with Gasteiger partial charge in [0.25, 0.3) is 0 Å². The summed E-state index contributed by atoms with van der Waals surface area (Å²) in [6, 6.07) is 10.1. The summed E-state index contributed by atoms with van der Waals surface area (Å²) in [6.45, 7) is 7.88. The predicted octanol–water partition coefficient (Wildman–Crippen LogP) is 3.47. The summed E-state index contributed by atoms with van der Waals surface area (Å²) in [7, 11) is 2.15. The van der Waals surface area contributed by atoms with Crippen LogP contribution in [0.5, 0.6) is 5.75 Å². The molecule has 3 N–H and O–H groups in total. The maximum Gasteiger partial charge on any atom is 0.131 e. The quantitative estimate of drug-likeness (QED) is 0.714. The Hall–Kier alpha value is -3.12. The van der Waals surface area contributed by atoms with E-state index in [0.29, 0.717) is 11.6 Å². The number of nitrogens with zero attached hydrogens (tertiary/aromatic N) is 4. The number of nitrogens with two attached hydrogens (primary N) is 1. The maximum absolute atomic E-state index is 10.1. The number of aromatic hydroxyl groups is 1. The average Bonchev–Trinajstić information content (AvgIpc) is 2.73. The van der Waals surface area contributed by atoms with Crippen LogP contribution in [0.25, 0.3) is 22.3 Å². The van der Waals surface area contributed by atoms with Crippen molar-refractivity contribution < 1.29 is 5.11 Å². The minimum Gasteiger partial charge on any atom is -0.507 e. The fourth-order valence-corrected chi connectivity index (χ4v) is 3.75. The maximum atomic E-state index is 10.1. The highest BCUT2D eigenvalue weighted by Gasteiger charge is 2.16. The van der Waals surface area contributed by atoms with Crippen LogP contribution >= 0.6 is 0 Å². The fourth-order valence-electron chi connectivity index (χ4n) is 3.75. The molecule has 0 spiro atoms. The van der Waals surface area contributed by atoms with E-state index < -0.39 is 0 Å². The standard InChI is InChI=1S/C23H27N5O/c1-15-10-18(11-16(2)22(15)29)19-12-20(23(24)26-14-19)17-4-5-21(25-13-17)28-8-6-27(3)7-9-28/h4-5,10-14,29H,6-9H2,1-3H3,(H2,24,26). The van der Waals surface area contributed by atoms with Crippen LogP contribution in [0, 0.1) is 13.8 Å². The second kappa shape index (κ2) is 7.72. The molecule has 3 heterocycles. The summed E-state index contributed by atoms with van der Waals surface area (Å²) in [5.74, 6) is 1.81. The summed E-state index contributed by atoms with van der Waals surface area (Å²) in [4.78, 5) is 13.7. The summed E-state index contributed by atoms with van der Waals surface area (Å²) >= 11 is 0. The molecule has 0 radical (unpaired) electrons. The third-order valence-electron chi connectivity index (χ3n) is 5.63. The Bertz CT molecular complexity index is 1000. The first kappa shape index (κ1) is 19.2. The molecule has 0 atom stereocenters. The first-order valence-electron chi connectivity index (χ1n) is 9.88. The molecule has 6 nitrogen and oxygen atoms in total. The highest BCUT2D eigenvalue weighted by molar-refractivity contribution is 5.79. The smallest absolute Gasteiger partial charge is 0.131 e. The van der Waals surface area contributed by atoms with Gasteiger partial charge in [0.1, 0.15) is 17.4 Å². The third kappa shape index (κ3) is 3.89. The molecule has 0 unspecified atom stereocenters. The van der Waals surface area contributed by atoms with Crippen molar-refractivity contribution in [2.45, 2.75) is 13.8 Å². The molecule has 150 valence electrons. The Morgan fingerprint density at radius 2 is 1.52 bits per heavy atom. The molecule has 1 aliphatic rings. The van der Waals surface area contributed by atoms with Crippen LogP contribution in [0.15, 0.2) is 42.7 Å². The SMILES string of the molecule is Cc1cc(-c2cnc(N)c(-c3ccc(N4CCN(C)CC4)nc3)c2)cc(C)c1O. The van der Waals surface area contributed by atoms with E-state index in [2.05, 4.69) is 38.9 Å². The highest BCUT2D eigenvalue weighted by atomic mass is 16.3. The number of benzene rings is 1. The number of likely N-dealkylation sites (N-methyl/N-ethyl adjacent to an activating group) is 1. The van der Waals surface area contributed by atoms with Crippen molar-refractivity contribution in [1.82, 2.24) is 14.9 Å². The van der Waals surface area contributed by atoms with Gasteiger partial charge in [0.2, 0.25) is 0 Å². The first-order valence-corrected chi connectivity index (χ1v) is 9.88. The number of rotatable bonds is 3. The summed E-state index contributed by atoms with van der Waals surface area (Å²) in [5.41, 5.74) is 11.7. The molecule has 3 aromatic rings. The van der Waals surface area contributed by atoms with Gasteiger partial charge in [-0.1, -0.05) is 0 Å². The van der Waals surface area contributed by atoms with Gasteiger partial charge >= 0.3 is 0 Å². The Morgan fingerprint density at radius 3 is 2.14 bits per heavy atom. The summed E-state index contributed by atoms with van der Waals surface area (Å²) in [5, 5.41) is 10.1. The zero-order valence-electron chi connectivity index (χ0n) is 17.2. The zero-order valence-corrected chi connectivity index (χ0v) is 17.2. The Morgan fingerprint density at radius 1 is 0.862 bits per heavy atom. The number of hydrogen-bond acceptors (Lipinski definition) is 6. The van der Waals surface area contributed by atoms with Crippen LogP contribution in [-0.2, 0) is 0 Å². The number of phenols is 1. The molecule has 1 fully saturated rings. The van der Waals surface area contributed by atoms with Crippen molar-refractivity contribution in [3.63, 3.8) is 0 Å². The minimum atomic E-state index is 0.334. The Labute approximate surface area is 171 Å². The van der Waals surface area contributed by atoms with E-state index in [4.69, 9.17) is 5.73 Å². The predicted molar refractivity (Wildman–Crippen MR) is 118 cm³/mol. The van der Waals surface area contributed by atoms with Gasteiger partial charge in [0.05, 0.1) is 0 Å². The van der Waals surface area contributed by atoms with Crippen LogP contribution in [0.3, 0.4) is 0 Å². The number of hydrogen-bond donors (Lipinski definition) is 2. The second-order valence-electron chi connectivity index (χ2n) is 7.81. The van der Waals surface area contributed by atoms with Crippen LogP contribution in [-0.4, -0.2) is 53.2 Å². The van der Waals surface area contributed by atoms with Gasteiger partial charge in [-0.2, -0.15) is 0 Å². The lowest BCUT2D eigenvalue weighted by molar-refractivity contribution is 0.312. The van der Waals surface area contributed by atoms with Crippen LogP contribution in [0.1, 0.15) is 11.1 Å². The number of anilines is 2. The second-order valence-corrected chi connectivity index (χ2v) is 7.81. The van der Waals surface area contributed by atoms with E-state index in [9.17, 15) is 5.11 Å². The van der Waals surface area contributed by atoms with E-state index >= 15 is 0 Å². The van der Waals surface area contributed by atoms with Crippen molar-refractivity contribution in [3.8, 4) is 28.0 Å². The van der Waals surface area contributed by atoms with Crippen molar-refractivity contribution >= 4 is 11.6 Å². The van der Waals surface area contributed by atoms with E-state index in [1.54, 1.807) is 6.20 Å². The van der Waals surface area contributed by atoms with Gasteiger partial charge in [0.15, 0.2) is 0 Å². The molecule has 29 heavy (non-hydrogen) atoms. The third-order valence-corrected chi connectivity index (χ3v) is 5.63. The number of piperazine rings is 1. The largest absolute Gasteiger partial charge is 0.507 e. The molecule has 1 saturated heterocycles. The molecule has 1 aromatic carbocycles. The number of phenolic OH excluding ortho intramolecular Hbond substituents is 1. The topological polar surface area (TPSA) is 78.5 Å². The molecule has 0 saturated carbocycles. The van der Waals surface area contributed by atoms with E-state index in [1.807, 2.05) is 38.2 Å². The van der Waals surface area contributed by atoms with Crippen LogP contribution in [0.2, 0.25) is 0 Å². The van der Waals surface area contributed by atoms with E-state index in [-0.39, 0.29) is 0 Å². The average molecular weight is 390 g/mol. The van der Waals surface area contributed by atoms with Crippen molar-refractivity contribution in [1.29, 1.82) is 0 Å². The lowest BCUT2D eigenvalue weighted by Gasteiger charge is -2.33. The van der Waals surface area contributed by atoms with Gasteiger partial charge in [-0.3, -0.25) is 0 Å². The molecule has 0 aliphatic carbocycles. The van der Waals surface area contributed by atoms with Crippen molar-refractivity contribution in [2.75, 3.05) is 43.9 Å². The normalized spacial score (nSPS) is 14.9. The highest BCUT2D eigenvalue weighted by Crippen LogP contribution is 2.33. The fraction of sp³-hybridized carbons (Fsp3) is 0.304. The lowest BCUT2D eigenvalue weighted by Crippen LogP contribution is -2.44. The number of aryl methyl sites for hydroxylation is 2. The molecule has 1 aliphatic heterocycles. The molecular formula is C23H27N5O. The van der Waals surface area contributed by atoms with Gasteiger partial charge in [0, 0.05) is 55.3 Å². The van der Waals surface area contributed by atoms with Crippen LogP contribution in [0.4, 0.5) is 11.6 Å².